The number of rotatable bonds is 4. The van der Waals surface area contributed by atoms with Crippen LogP contribution in [-0.4, -0.2) is 17.5 Å². The molecule has 0 unspecified atom stereocenters. The monoisotopic (exact) mass is 276 g/mol. The van der Waals surface area contributed by atoms with Crippen LogP contribution in [0.2, 0.25) is 5.02 Å². The lowest BCUT2D eigenvalue weighted by atomic mass is 10.2. The number of hydrogen-bond acceptors (Lipinski definition) is 3. The van der Waals surface area contributed by atoms with Crippen molar-refractivity contribution in [3.8, 4) is 5.75 Å². The molecule has 1 N–H and O–H groups in total. The number of nitrogens with one attached hydrogen (secondary N) is 1. The lowest BCUT2D eigenvalue weighted by Crippen LogP contribution is -2.11. The molecule has 4 nitrogen and oxygen atoms in total. The number of aromatic nitrogens is 1. The van der Waals surface area contributed by atoms with Crippen LogP contribution < -0.4 is 10.1 Å². The Labute approximate surface area is 116 Å². The lowest BCUT2D eigenvalue weighted by Gasteiger charge is -2.09. The van der Waals surface area contributed by atoms with Crippen LogP contribution >= 0.6 is 11.6 Å². The van der Waals surface area contributed by atoms with Crippen LogP contribution in [0.25, 0.3) is 0 Å². The second kappa shape index (κ2) is 6.20. The first-order valence-electron chi connectivity index (χ1n) is 5.84. The zero-order valence-electron chi connectivity index (χ0n) is 10.4. The molecule has 5 heteroatoms. The van der Waals surface area contributed by atoms with Gasteiger partial charge in [0.25, 0.3) is 5.91 Å². The minimum Gasteiger partial charge on any atom is -0.492 e. The maximum atomic E-state index is 11.9. The average Bonchev–Trinajstić information content (AvgIpc) is 2.43. The van der Waals surface area contributed by atoms with E-state index in [0.29, 0.717) is 28.6 Å². The molecule has 0 saturated heterocycles. The second-order valence-corrected chi connectivity index (χ2v) is 4.18. The zero-order chi connectivity index (χ0) is 13.7. The van der Waals surface area contributed by atoms with Gasteiger partial charge in [0.05, 0.1) is 11.6 Å². The van der Waals surface area contributed by atoms with Crippen LogP contribution in [0.1, 0.15) is 17.3 Å². The van der Waals surface area contributed by atoms with Gasteiger partial charge >= 0.3 is 0 Å². The van der Waals surface area contributed by atoms with Gasteiger partial charge in [-0.05, 0) is 37.3 Å². The zero-order valence-corrected chi connectivity index (χ0v) is 11.1. The summed E-state index contributed by atoms with van der Waals surface area (Å²) in [5.41, 5.74) is 1.16. The molecule has 0 saturated carbocycles. The Kier molecular flexibility index (Phi) is 4.36. The Hall–Kier alpha value is -2.07. The van der Waals surface area contributed by atoms with E-state index in [0.717, 1.165) is 0 Å². The number of ether oxygens (including phenoxy) is 1. The molecule has 0 radical (unpaired) electrons. The minimum absolute atomic E-state index is 0.206. The number of hydrogen-bond donors (Lipinski definition) is 1. The summed E-state index contributed by atoms with van der Waals surface area (Å²) in [4.78, 5) is 15.8. The fraction of sp³-hybridized carbons (Fsp3) is 0.143. The fourth-order valence-electron chi connectivity index (χ4n) is 1.56. The van der Waals surface area contributed by atoms with Crippen molar-refractivity contribution >= 4 is 23.2 Å². The molecule has 2 aromatic rings. The SMILES string of the molecule is CCOc1ccc(NC(=O)c2ccncc2)cc1Cl. The summed E-state index contributed by atoms with van der Waals surface area (Å²) in [6.07, 6.45) is 3.14. The predicted molar refractivity (Wildman–Crippen MR) is 74.8 cm³/mol. The number of carbonyl (C=O) groups is 1. The molecule has 0 atom stereocenters. The summed E-state index contributed by atoms with van der Waals surface area (Å²) in [7, 11) is 0. The second-order valence-electron chi connectivity index (χ2n) is 3.77. The summed E-state index contributed by atoms with van der Waals surface area (Å²) >= 11 is 6.05. The van der Waals surface area contributed by atoms with E-state index < -0.39 is 0 Å². The molecule has 1 aromatic heterocycles. The van der Waals surface area contributed by atoms with Crippen molar-refractivity contribution in [3.05, 3.63) is 53.3 Å². The maximum absolute atomic E-state index is 11.9. The van der Waals surface area contributed by atoms with Gasteiger partial charge in [-0.1, -0.05) is 11.6 Å². The standard InChI is InChI=1S/C14H13ClN2O2/c1-2-19-13-4-3-11(9-12(13)15)17-14(18)10-5-7-16-8-6-10/h3-9H,2H2,1H3,(H,17,18). The van der Waals surface area contributed by atoms with Gasteiger partial charge in [0.15, 0.2) is 0 Å². The van der Waals surface area contributed by atoms with Crippen molar-refractivity contribution in [1.82, 2.24) is 4.98 Å². The van der Waals surface area contributed by atoms with Gasteiger partial charge in [-0.2, -0.15) is 0 Å². The van der Waals surface area contributed by atoms with Crippen molar-refractivity contribution in [2.45, 2.75) is 6.92 Å². The molecule has 0 fully saturated rings. The van der Waals surface area contributed by atoms with Crippen molar-refractivity contribution in [2.75, 3.05) is 11.9 Å². The Morgan fingerprint density at radius 1 is 1.32 bits per heavy atom. The van der Waals surface area contributed by atoms with Crippen molar-refractivity contribution in [2.24, 2.45) is 0 Å². The van der Waals surface area contributed by atoms with Gasteiger partial charge in [0, 0.05) is 23.6 Å². The van der Waals surface area contributed by atoms with E-state index in [-0.39, 0.29) is 5.91 Å². The predicted octanol–water partition coefficient (Wildman–Crippen LogP) is 3.39. The average molecular weight is 277 g/mol. The molecule has 1 amide bonds. The van der Waals surface area contributed by atoms with Crippen LogP contribution in [-0.2, 0) is 0 Å². The molecule has 1 aromatic carbocycles. The Bertz CT molecular complexity index is 573. The van der Waals surface area contributed by atoms with E-state index in [4.69, 9.17) is 16.3 Å². The van der Waals surface area contributed by atoms with Crippen LogP contribution in [0.4, 0.5) is 5.69 Å². The summed E-state index contributed by atoms with van der Waals surface area (Å²) in [5.74, 6) is 0.397. The molecule has 98 valence electrons. The number of benzene rings is 1. The van der Waals surface area contributed by atoms with E-state index in [9.17, 15) is 4.79 Å². The highest BCUT2D eigenvalue weighted by molar-refractivity contribution is 6.32. The van der Waals surface area contributed by atoms with Gasteiger partial charge in [-0.3, -0.25) is 9.78 Å². The van der Waals surface area contributed by atoms with E-state index >= 15 is 0 Å². The Balaban J connectivity index is 2.12. The van der Waals surface area contributed by atoms with Gasteiger partial charge < -0.3 is 10.1 Å². The molecular weight excluding hydrogens is 264 g/mol. The third kappa shape index (κ3) is 3.45. The normalized spacial score (nSPS) is 10.0. The third-order valence-corrected chi connectivity index (χ3v) is 2.73. The summed E-state index contributed by atoms with van der Waals surface area (Å²) < 4.78 is 5.33. The molecular formula is C14H13ClN2O2. The lowest BCUT2D eigenvalue weighted by molar-refractivity contribution is 0.102. The minimum atomic E-state index is -0.206. The van der Waals surface area contributed by atoms with E-state index in [1.807, 2.05) is 6.92 Å². The van der Waals surface area contributed by atoms with E-state index in [1.165, 1.54) is 0 Å². The fourth-order valence-corrected chi connectivity index (χ4v) is 1.79. The molecule has 0 aliphatic carbocycles. The van der Waals surface area contributed by atoms with Crippen LogP contribution in [0.5, 0.6) is 5.75 Å². The first kappa shape index (κ1) is 13.4. The molecule has 0 aliphatic rings. The topological polar surface area (TPSA) is 51.2 Å². The Morgan fingerprint density at radius 2 is 2.05 bits per heavy atom. The van der Waals surface area contributed by atoms with Gasteiger partial charge in [0.2, 0.25) is 0 Å². The van der Waals surface area contributed by atoms with Gasteiger partial charge in [-0.15, -0.1) is 0 Å². The molecule has 19 heavy (non-hydrogen) atoms. The number of anilines is 1. The van der Waals surface area contributed by atoms with Crippen molar-refractivity contribution in [3.63, 3.8) is 0 Å². The summed E-state index contributed by atoms with van der Waals surface area (Å²) in [5, 5.41) is 3.23. The van der Waals surface area contributed by atoms with Gasteiger partial charge in [-0.25, -0.2) is 0 Å². The molecule has 2 rings (SSSR count). The van der Waals surface area contributed by atoms with E-state index in [2.05, 4.69) is 10.3 Å². The maximum Gasteiger partial charge on any atom is 0.255 e. The quantitative estimate of drug-likeness (QED) is 0.931. The number of halogens is 1. The van der Waals surface area contributed by atoms with Crippen molar-refractivity contribution in [1.29, 1.82) is 0 Å². The molecule has 1 heterocycles. The number of nitrogens with zero attached hydrogens (tertiary/aromatic N) is 1. The molecule has 0 bridgehead atoms. The summed E-state index contributed by atoms with van der Waals surface area (Å²) in [6.45, 7) is 2.43. The first-order chi connectivity index (χ1) is 9.20. The highest BCUT2D eigenvalue weighted by atomic mass is 35.5. The first-order valence-corrected chi connectivity index (χ1v) is 6.22. The van der Waals surface area contributed by atoms with Gasteiger partial charge in [0.1, 0.15) is 5.75 Å². The van der Waals surface area contributed by atoms with Crippen LogP contribution in [0.3, 0.4) is 0 Å². The number of amides is 1. The van der Waals surface area contributed by atoms with Crippen LogP contribution in [0, 0.1) is 0 Å². The number of pyridine rings is 1. The number of carbonyl (C=O) groups excluding carboxylic acids is 1. The van der Waals surface area contributed by atoms with Crippen molar-refractivity contribution < 1.29 is 9.53 Å². The largest absolute Gasteiger partial charge is 0.492 e. The smallest absolute Gasteiger partial charge is 0.255 e. The third-order valence-electron chi connectivity index (χ3n) is 2.43. The van der Waals surface area contributed by atoms with Crippen LogP contribution in [0.15, 0.2) is 42.7 Å². The molecule has 0 aliphatic heterocycles. The summed E-state index contributed by atoms with van der Waals surface area (Å²) in [6, 6.07) is 8.42. The highest BCUT2D eigenvalue weighted by Gasteiger charge is 2.07. The Morgan fingerprint density at radius 3 is 2.68 bits per heavy atom. The highest BCUT2D eigenvalue weighted by Crippen LogP contribution is 2.27. The molecule has 0 spiro atoms. The van der Waals surface area contributed by atoms with E-state index in [1.54, 1.807) is 42.7 Å².